The summed E-state index contributed by atoms with van der Waals surface area (Å²) in [5.41, 5.74) is 0. The van der Waals surface area contributed by atoms with Crippen LogP contribution in [0.1, 0.15) is 0 Å². The van der Waals surface area contributed by atoms with Crippen LogP contribution in [0.3, 0.4) is 0 Å². The van der Waals surface area contributed by atoms with Crippen molar-refractivity contribution in [1.29, 1.82) is 0 Å². The molecule has 0 aromatic heterocycles. The van der Waals surface area contributed by atoms with Gasteiger partial charge in [0.15, 0.2) is 0 Å². The molecular formula is C6H10NO7+. The zero-order valence-electron chi connectivity index (χ0n) is 7.08. The molecule has 0 fully saturated rings. The summed E-state index contributed by atoms with van der Waals surface area (Å²) in [5.74, 6) is -4.43. The SMILES string of the molecule is O=C(O)C[N+](O)(CC(=O)O)CC(=O)O. The van der Waals surface area contributed by atoms with Crippen LogP contribution in [0.4, 0.5) is 0 Å². The van der Waals surface area contributed by atoms with Crippen molar-refractivity contribution in [1.82, 2.24) is 0 Å². The molecule has 0 aromatic rings. The molecule has 0 spiro atoms. The number of quaternary nitrogens is 1. The van der Waals surface area contributed by atoms with Gasteiger partial charge in [0.1, 0.15) is 0 Å². The average molecular weight is 208 g/mol. The second-order valence-electron chi connectivity index (χ2n) is 2.75. The van der Waals surface area contributed by atoms with Crippen molar-refractivity contribution in [3.63, 3.8) is 0 Å². The maximum atomic E-state index is 10.2. The van der Waals surface area contributed by atoms with E-state index in [2.05, 4.69) is 0 Å². The van der Waals surface area contributed by atoms with Crippen LogP contribution in [-0.2, 0) is 14.4 Å². The van der Waals surface area contributed by atoms with E-state index in [1.165, 1.54) is 0 Å². The van der Waals surface area contributed by atoms with Crippen molar-refractivity contribution in [2.45, 2.75) is 0 Å². The lowest BCUT2D eigenvalue weighted by molar-refractivity contribution is -1.09. The Hall–Kier alpha value is -1.67. The molecule has 0 radical (unpaired) electrons. The number of hydrogen-bond donors (Lipinski definition) is 4. The fourth-order valence-corrected chi connectivity index (χ4v) is 0.923. The number of hydroxylamine groups is 3. The third-order valence-electron chi connectivity index (χ3n) is 1.29. The number of carboxylic acid groups (broad SMARTS) is 3. The quantitative estimate of drug-likeness (QED) is 0.306. The fourth-order valence-electron chi connectivity index (χ4n) is 0.923. The predicted molar refractivity (Wildman–Crippen MR) is 39.6 cm³/mol. The van der Waals surface area contributed by atoms with Crippen molar-refractivity contribution >= 4 is 17.9 Å². The van der Waals surface area contributed by atoms with Crippen molar-refractivity contribution in [3.8, 4) is 0 Å². The van der Waals surface area contributed by atoms with Gasteiger partial charge in [0.05, 0.1) is 0 Å². The highest BCUT2D eigenvalue weighted by Gasteiger charge is 2.34. The van der Waals surface area contributed by atoms with E-state index in [9.17, 15) is 19.6 Å². The van der Waals surface area contributed by atoms with Crippen LogP contribution in [0.15, 0.2) is 0 Å². The molecule has 8 nitrogen and oxygen atoms in total. The van der Waals surface area contributed by atoms with E-state index in [0.29, 0.717) is 0 Å². The molecule has 80 valence electrons. The van der Waals surface area contributed by atoms with E-state index in [-0.39, 0.29) is 0 Å². The lowest BCUT2D eigenvalue weighted by Gasteiger charge is -2.24. The Balaban J connectivity index is 4.56. The summed E-state index contributed by atoms with van der Waals surface area (Å²) in [7, 11) is 0. The molecule has 0 saturated heterocycles. The number of hydrogen-bond acceptors (Lipinski definition) is 4. The summed E-state index contributed by atoms with van der Waals surface area (Å²) >= 11 is 0. The van der Waals surface area contributed by atoms with E-state index in [1.807, 2.05) is 0 Å². The van der Waals surface area contributed by atoms with Crippen LogP contribution in [-0.4, -0.2) is 62.7 Å². The molecule has 0 rings (SSSR count). The summed E-state index contributed by atoms with van der Waals surface area (Å²) in [6.45, 7) is -2.92. The molecular weight excluding hydrogens is 198 g/mol. The lowest BCUT2D eigenvalue weighted by atomic mass is 10.4. The molecule has 0 aromatic carbocycles. The van der Waals surface area contributed by atoms with E-state index < -0.39 is 42.2 Å². The number of carboxylic acids is 3. The largest absolute Gasteiger partial charge is 0.477 e. The maximum Gasteiger partial charge on any atom is 0.362 e. The Morgan fingerprint density at radius 3 is 1.14 bits per heavy atom. The lowest BCUT2D eigenvalue weighted by Crippen LogP contribution is -2.54. The van der Waals surface area contributed by atoms with E-state index in [4.69, 9.17) is 15.3 Å². The normalized spacial score (nSPS) is 10.9. The molecule has 0 bridgehead atoms. The Morgan fingerprint density at radius 1 is 0.786 bits per heavy atom. The monoisotopic (exact) mass is 208 g/mol. The highest BCUT2D eigenvalue weighted by molar-refractivity contribution is 5.72. The second-order valence-corrected chi connectivity index (χ2v) is 2.75. The van der Waals surface area contributed by atoms with E-state index in [0.717, 1.165) is 0 Å². The summed E-state index contributed by atoms with van der Waals surface area (Å²) in [6.07, 6.45) is 0. The summed E-state index contributed by atoms with van der Waals surface area (Å²) < 4.78 is -1.56. The van der Waals surface area contributed by atoms with Gasteiger partial charge < -0.3 is 15.3 Å². The first-order chi connectivity index (χ1) is 6.25. The van der Waals surface area contributed by atoms with Crippen molar-refractivity contribution in [2.24, 2.45) is 0 Å². The van der Waals surface area contributed by atoms with Gasteiger partial charge in [-0.1, -0.05) is 0 Å². The molecule has 14 heavy (non-hydrogen) atoms. The molecule has 0 unspecified atom stereocenters. The molecule has 0 amide bonds. The van der Waals surface area contributed by atoms with Gasteiger partial charge in [-0.25, -0.2) is 19.6 Å². The van der Waals surface area contributed by atoms with Crippen LogP contribution in [0, 0.1) is 0 Å². The minimum Gasteiger partial charge on any atom is -0.477 e. The van der Waals surface area contributed by atoms with Gasteiger partial charge in [0.25, 0.3) is 0 Å². The van der Waals surface area contributed by atoms with Crippen molar-refractivity contribution in [2.75, 3.05) is 19.6 Å². The first-order valence-corrected chi connectivity index (χ1v) is 3.49. The first kappa shape index (κ1) is 12.3. The summed E-state index contributed by atoms with van der Waals surface area (Å²) in [5, 5.41) is 34.3. The van der Waals surface area contributed by atoms with Gasteiger partial charge in [-0.2, -0.15) is 4.65 Å². The Bertz CT molecular complexity index is 220. The molecule has 4 N–H and O–H groups in total. The standard InChI is InChI=1S/C6H9NO7/c8-4(9)1-7(14,2-5(10)11)3-6(12)13/h14H,1-3H2,(H2-,8,9,10,11,12,13)/p+1. The summed E-state index contributed by atoms with van der Waals surface area (Å²) in [4.78, 5) is 30.6. The minimum atomic E-state index is -1.56. The van der Waals surface area contributed by atoms with Gasteiger partial charge in [0, 0.05) is 0 Å². The Kier molecular flexibility index (Phi) is 3.99. The van der Waals surface area contributed by atoms with Crippen molar-refractivity contribution in [3.05, 3.63) is 0 Å². The molecule has 0 aliphatic rings. The summed E-state index contributed by atoms with van der Waals surface area (Å²) in [6, 6.07) is 0. The van der Waals surface area contributed by atoms with Crippen LogP contribution in [0.25, 0.3) is 0 Å². The highest BCUT2D eigenvalue weighted by Crippen LogP contribution is 2.00. The topological polar surface area (TPSA) is 132 Å². The molecule has 0 heterocycles. The number of carbonyl (C=O) groups is 3. The van der Waals surface area contributed by atoms with Gasteiger partial charge in [-0.05, 0) is 0 Å². The van der Waals surface area contributed by atoms with E-state index >= 15 is 0 Å². The number of nitrogens with zero attached hydrogens (tertiary/aromatic N) is 1. The minimum absolute atomic E-state index is 0.974. The zero-order valence-corrected chi connectivity index (χ0v) is 7.08. The van der Waals surface area contributed by atoms with Gasteiger partial charge in [0.2, 0.25) is 19.6 Å². The smallest absolute Gasteiger partial charge is 0.362 e. The highest BCUT2D eigenvalue weighted by atomic mass is 16.6. The van der Waals surface area contributed by atoms with E-state index in [1.54, 1.807) is 0 Å². The fraction of sp³-hybridized carbons (Fsp3) is 0.500. The first-order valence-electron chi connectivity index (χ1n) is 3.49. The second kappa shape index (κ2) is 4.53. The molecule has 8 heteroatoms. The third-order valence-corrected chi connectivity index (χ3v) is 1.29. The predicted octanol–water partition coefficient (Wildman–Crippen LogP) is -1.55. The molecule has 0 saturated carbocycles. The van der Waals surface area contributed by atoms with Gasteiger partial charge >= 0.3 is 17.9 Å². The third kappa shape index (κ3) is 5.06. The molecule has 0 aliphatic carbocycles. The number of aliphatic carboxylic acids is 3. The van der Waals surface area contributed by atoms with Crippen LogP contribution in [0.5, 0.6) is 0 Å². The van der Waals surface area contributed by atoms with Crippen molar-refractivity contribution < 1.29 is 39.6 Å². The number of rotatable bonds is 6. The van der Waals surface area contributed by atoms with Crippen LogP contribution in [0.2, 0.25) is 0 Å². The zero-order chi connectivity index (χ0) is 11.4. The Morgan fingerprint density at radius 2 is 1.00 bits per heavy atom. The molecule has 0 aliphatic heterocycles. The molecule has 0 atom stereocenters. The van der Waals surface area contributed by atoms with Gasteiger partial charge in [-0.3, -0.25) is 0 Å². The Labute approximate surface area is 78.1 Å². The average Bonchev–Trinajstić information content (AvgIpc) is 1.76. The van der Waals surface area contributed by atoms with Crippen LogP contribution >= 0.6 is 0 Å². The maximum absolute atomic E-state index is 10.2. The van der Waals surface area contributed by atoms with Gasteiger partial charge in [-0.15, -0.1) is 0 Å². The van der Waals surface area contributed by atoms with Crippen LogP contribution < -0.4 is 0 Å².